The number of rotatable bonds is 2. The molecule has 0 saturated heterocycles. The molecule has 0 aromatic heterocycles. The monoisotopic (exact) mass is 268 g/mol. The third-order valence-corrected chi connectivity index (χ3v) is 4.91. The Kier molecular flexibility index (Phi) is 3.38. The van der Waals surface area contributed by atoms with Crippen LogP contribution in [-0.2, 0) is 0 Å². The van der Waals surface area contributed by atoms with Crippen LogP contribution < -0.4 is 0 Å². The first kappa shape index (κ1) is 9.84. The van der Waals surface area contributed by atoms with Crippen molar-refractivity contribution in [3.8, 4) is 0 Å². The molecule has 0 nitrogen and oxygen atoms in total. The van der Waals surface area contributed by atoms with E-state index >= 15 is 0 Å². The normalized spacial score (nSPS) is 12.2. The summed E-state index contributed by atoms with van der Waals surface area (Å²) in [5.41, 5.74) is 1.32. The minimum atomic E-state index is -1.68. The van der Waals surface area contributed by atoms with Crippen LogP contribution in [0.2, 0.25) is 14.8 Å². The minimum absolute atomic E-state index is 1.32. The summed E-state index contributed by atoms with van der Waals surface area (Å²) in [5, 5.41) is 0. The van der Waals surface area contributed by atoms with Gasteiger partial charge in [-0.2, -0.15) is 0 Å². The summed E-state index contributed by atoms with van der Waals surface area (Å²) >= 11 is -1.68. The third-order valence-electron chi connectivity index (χ3n) is 1.58. The van der Waals surface area contributed by atoms with Gasteiger partial charge in [-0.3, -0.25) is 0 Å². The third kappa shape index (κ3) is 3.95. The zero-order valence-electron chi connectivity index (χ0n) is 8.04. The Morgan fingerprint density at radius 1 is 1.00 bits per heavy atom. The predicted octanol–water partition coefficient (Wildman–Crippen LogP) is 3.58. The van der Waals surface area contributed by atoms with Crippen molar-refractivity contribution in [3.05, 3.63) is 40.0 Å². The average Bonchev–Trinajstić information content (AvgIpc) is 2.02. The average molecular weight is 267 g/mol. The summed E-state index contributed by atoms with van der Waals surface area (Å²) in [7, 11) is 0. The van der Waals surface area contributed by atoms with E-state index in [1.165, 1.54) is 5.56 Å². The second-order valence-electron chi connectivity index (χ2n) is 4.11. The second-order valence-corrected chi connectivity index (χ2v) is 18.6. The van der Waals surface area contributed by atoms with Gasteiger partial charge in [0.1, 0.15) is 0 Å². The second kappa shape index (κ2) is 4.13. The molecule has 1 aromatic rings. The van der Waals surface area contributed by atoms with Crippen LogP contribution in [0.15, 0.2) is 34.4 Å². The van der Waals surface area contributed by atoms with Gasteiger partial charge in [0.15, 0.2) is 0 Å². The molecule has 1 heteroatoms. The van der Waals surface area contributed by atoms with Crippen LogP contribution in [-0.4, -0.2) is 18.4 Å². The van der Waals surface area contributed by atoms with Crippen LogP contribution in [0.25, 0.3) is 6.08 Å². The van der Waals surface area contributed by atoms with E-state index < -0.39 is 18.4 Å². The maximum atomic E-state index is 2.43. The first-order valence-corrected chi connectivity index (χ1v) is 14.5. The van der Waals surface area contributed by atoms with Gasteiger partial charge in [-0.1, -0.05) is 0 Å². The van der Waals surface area contributed by atoms with Gasteiger partial charge in [0, 0.05) is 0 Å². The van der Waals surface area contributed by atoms with Gasteiger partial charge in [-0.15, -0.1) is 0 Å². The SMILES string of the molecule is [CH3][Sn]([CH3])([CH3])[CH]=Cc1ccccc1. The van der Waals surface area contributed by atoms with Crippen molar-refractivity contribution >= 4 is 24.5 Å². The Labute approximate surface area is 79.2 Å². The molecular formula is C11H16Sn. The molecule has 0 spiro atoms. The molecule has 0 amide bonds. The fourth-order valence-corrected chi connectivity index (χ4v) is 2.89. The van der Waals surface area contributed by atoms with Gasteiger partial charge < -0.3 is 0 Å². The molecule has 0 unspecified atom stereocenters. The topological polar surface area (TPSA) is 0 Å². The van der Waals surface area contributed by atoms with Gasteiger partial charge in [0.05, 0.1) is 0 Å². The molecule has 0 aliphatic heterocycles. The molecule has 12 heavy (non-hydrogen) atoms. The predicted molar refractivity (Wildman–Crippen MR) is 58.8 cm³/mol. The van der Waals surface area contributed by atoms with Gasteiger partial charge in [0.2, 0.25) is 0 Å². The van der Waals surface area contributed by atoms with Crippen LogP contribution in [0.4, 0.5) is 0 Å². The molecule has 0 saturated carbocycles. The Bertz CT molecular complexity index is 254. The molecule has 0 atom stereocenters. The number of hydrogen-bond donors (Lipinski definition) is 0. The molecule has 0 heterocycles. The van der Waals surface area contributed by atoms with E-state index in [-0.39, 0.29) is 0 Å². The molecule has 0 fully saturated rings. The van der Waals surface area contributed by atoms with E-state index in [4.69, 9.17) is 0 Å². The van der Waals surface area contributed by atoms with E-state index in [0.29, 0.717) is 0 Å². The zero-order chi connectivity index (χ0) is 9.03. The number of benzene rings is 1. The molecule has 0 bridgehead atoms. The van der Waals surface area contributed by atoms with Crippen molar-refractivity contribution in [1.82, 2.24) is 0 Å². The van der Waals surface area contributed by atoms with Crippen LogP contribution >= 0.6 is 0 Å². The van der Waals surface area contributed by atoms with E-state index in [2.05, 4.69) is 55.3 Å². The standard InChI is InChI=1S/C8H7.3CH3.Sn/c1-2-8-6-4-3-5-7-8;;;;/h1-7H;3*1H3;. The van der Waals surface area contributed by atoms with Gasteiger partial charge in [-0.25, -0.2) is 0 Å². The van der Waals surface area contributed by atoms with Crippen LogP contribution in [0.1, 0.15) is 5.56 Å². The summed E-state index contributed by atoms with van der Waals surface area (Å²) < 4.78 is 2.43. The quantitative estimate of drug-likeness (QED) is 0.718. The summed E-state index contributed by atoms with van der Waals surface area (Å²) in [6.07, 6.45) is 2.26. The molecule has 1 aromatic carbocycles. The van der Waals surface area contributed by atoms with Crippen molar-refractivity contribution in [3.63, 3.8) is 0 Å². The fraction of sp³-hybridized carbons (Fsp3) is 0.273. The van der Waals surface area contributed by atoms with E-state index in [0.717, 1.165) is 0 Å². The van der Waals surface area contributed by atoms with Crippen molar-refractivity contribution in [2.75, 3.05) is 0 Å². The zero-order valence-corrected chi connectivity index (χ0v) is 10.9. The van der Waals surface area contributed by atoms with Crippen molar-refractivity contribution in [2.24, 2.45) is 0 Å². The van der Waals surface area contributed by atoms with Crippen LogP contribution in [0.3, 0.4) is 0 Å². The first-order valence-electron chi connectivity index (χ1n) is 4.32. The molecule has 0 radical (unpaired) electrons. The van der Waals surface area contributed by atoms with Gasteiger partial charge in [0.25, 0.3) is 0 Å². The Morgan fingerprint density at radius 3 is 2.08 bits per heavy atom. The van der Waals surface area contributed by atoms with Crippen molar-refractivity contribution in [2.45, 2.75) is 14.8 Å². The summed E-state index contributed by atoms with van der Waals surface area (Å²) in [6, 6.07) is 10.5. The first-order chi connectivity index (χ1) is 5.58. The Balaban J connectivity index is 2.71. The molecule has 0 N–H and O–H groups in total. The van der Waals surface area contributed by atoms with Crippen LogP contribution in [0, 0.1) is 0 Å². The molecule has 0 aliphatic carbocycles. The molecular weight excluding hydrogens is 251 g/mol. The van der Waals surface area contributed by atoms with E-state index in [9.17, 15) is 0 Å². The maximum absolute atomic E-state index is 2.43. The number of hydrogen-bond acceptors (Lipinski definition) is 0. The summed E-state index contributed by atoms with van der Waals surface area (Å²) in [4.78, 5) is 7.23. The Morgan fingerprint density at radius 2 is 1.58 bits per heavy atom. The molecule has 64 valence electrons. The Hall–Kier alpha value is -0.241. The van der Waals surface area contributed by atoms with Gasteiger partial charge >= 0.3 is 79.3 Å². The fourth-order valence-electron chi connectivity index (χ4n) is 0.910. The van der Waals surface area contributed by atoms with E-state index in [1.807, 2.05) is 0 Å². The molecule has 0 aliphatic rings. The van der Waals surface area contributed by atoms with Gasteiger partial charge in [-0.05, 0) is 0 Å². The molecule has 1 rings (SSSR count). The van der Waals surface area contributed by atoms with E-state index in [1.54, 1.807) is 0 Å². The van der Waals surface area contributed by atoms with Crippen molar-refractivity contribution in [1.29, 1.82) is 0 Å². The van der Waals surface area contributed by atoms with Crippen LogP contribution in [0.5, 0.6) is 0 Å². The van der Waals surface area contributed by atoms with Crippen molar-refractivity contribution < 1.29 is 0 Å². The summed E-state index contributed by atoms with van der Waals surface area (Å²) in [5.74, 6) is 0. The summed E-state index contributed by atoms with van der Waals surface area (Å²) in [6.45, 7) is 0.